The third kappa shape index (κ3) is 2.94. The Hall–Kier alpha value is -1.62. The molecule has 1 amide bonds. The zero-order valence-corrected chi connectivity index (χ0v) is 10.4. The number of carbonyl (C=O) groups excluding carboxylic acids is 1. The first-order chi connectivity index (χ1) is 8.01. The highest BCUT2D eigenvalue weighted by molar-refractivity contribution is 6.31. The minimum atomic E-state index is -0.535. The van der Waals surface area contributed by atoms with Crippen molar-refractivity contribution in [1.29, 1.82) is 0 Å². The molecule has 0 aliphatic rings. The molecular formula is C11H13ClN2O3. The summed E-state index contributed by atoms with van der Waals surface area (Å²) in [5.41, 5.74) is 0.134. The van der Waals surface area contributed by atoms with Crippen LogP contribution < -0.4 is 4.90 Å². The second-order valence-electron chi connectivity index (χ2n) is 3.38. The van der Waals surface area contributed by atoms with Crippen molar-refractivity contribution in [2.75, 3.05) is 11.4 Å². The Kier molecular flexibility index (Phi) is 4.45. The van der Waals surface area contributed by atoms with Crippen LogP contribution in [0.4, 0.5) is 11.4 Å². The summed E-state index contributed by atoms with van der Waals surface area (Å²) in [6, 6.07) is 4.29. The predicted octanol–water partition coefficient (Wildman–Crippen LogP) is 3.01. The van der Waals surface area contributed by atoms with E-state index < -0.39 is 4.92 Å². The van der Waals surface area contributed by atoms with E-state index in [0.717, 1.165) is 0 Å². The van der Waals surface area contributed by atoms with Gasteiger partial charge in [0.05, 0.1) is 4.92 Å². The van der Waals surface area contributed by atoms with Crippen LogP contribution in [0.15, 0.2) is 18.2 Å². The Morgan fingerprint density at radius 2 is 2.12 bits per heavy atom. The van der Waals surface area contributed by atoms with E-state index >= 15 is 0 Å². The molecule has 0 fully saturated rings. The van der Waals surface area contributed by atoms with Gasteiger partial charge in [-0.1, -0.05) is 18.5 Å². The van der Waals surface area contributed by atoms with Gasteiger partial charge in [0.25, 0.3) is 5.69 Å². The summed E-state index contributed by atoms with van der Waals surface area (Å²) in [4.78, 5) is 23.4. The molecule has 0 saturated heterocycles. The second-order valence-corrected chi connectivity index (χ2v) is 3.82. The summed E-state index contributed by atoms with van der Waals surface area (Å²) in [7, 11) is 0. The Morgan fingerprint density at radius 1 is 1.47 bits per heavy atom. The van der Waals surface area contributed by atoms with Gasteiger partial charge in [-0.05, 0) is 19.1 Å². The fraction of sp³-hybridized carbons (Fsp3) is 0.364. The van der Waals surface area contributed by atoms with Crippen LogP contribution in [0.3, 0.4) is 0 Å². The lowest BCUT2D eigenvalue weighted by molar-refractivity contribution is -0.384. The quantitative estimate of drug-likeness (QED) is 0.614. The maximum Gasteiger partial charge on any atom is 0.294 e. The largest absolute Gasteiger partial charge is 0.307 e. The van der Waals surface area contributed by atoms with E-state index in [1.807, 2.05) is 0 Å². The lowest BCUT2D eigenvalue weighted by atomic mass is 10.2. The Labute approximate surface area is 104 Å². The van der Waals surface area contributed by atoms with Gasteiger partial charge in [-0.2, -0.15) is 0 Å². The van der Waals surface area contributed by atoms with Crippen LogP contribution in [-0.2, 0) is 4.79 Å². The fourth-order valence-corrected chi connectivity index (χ4v) is 1.71. The topological polar surface area (TPSA) is 63.5 Å². The molecule has 0 heterocycles. The smallest absolute Gasteiger partial charge is 0.294 e. The van der Waals surface area contributed by atoms with Crippen molar-refractivity contribution in [3.8, 4) is 0 Å². The Morgan fingerprint density at radius 3 is 2.59 bits per heavy atom. The van der Waals surface area contributed by atoms with Crippen molar-refractivity contribution in [2.24, 2.45) is 0 Å². The summed E-state index contributed by atoms with van der Waals surface area (Å²) >= 11 is 5.71. The zero-order valence-electron chi connectivity index (χ0n) is 9.64. The number of hydrogen-bond acceptors (Lipinski definition) is 3. The lowest BCUT2D eigenvalue weighted by Crippen LogP contribution is -2.30. The van der Waals surface area contributed by atoms with Crippen LogP contribution in [0.5, 0.6) is 0 Å². The minimum Gasteiger partial charge on any atom is -0.307 e. The van der Waals surface area contributed by atoms with Gasteiger partial charge >= 0.3 is 0 Å². The van der Waals surface area contributed by atoms with Gasteiger partial charge in [-0.25, -0.2) is 0 Å². The standard InChI is InChI=1S/C11H13ClN2O3/c1-3-11(15)13(4-2)9-6-5-8(12)7-10(9)14(16)17/h5-7H,3-4H2,1-2H3. The molecule has 92 valence electrons. The van der Waals surface area contributed by atoms with E-state index in [2.05, 4.69) is 0 Å². The van der Waals surface area contributed by atoms with E-state index in [9.17, 15) is 14.9 Å². The highest BCUT2D eigenvalue weighted by Gasteiger charge is 2.22. The summed E-state index contributed by atoms with van der Waals surface area (Å²) in [6.45, 7) is 3.87. The molecule has 6 heteroatoms. The molecule has 0 radical (unpaired) electrons. The van der Waals surface area contributed by atoms with Crippen molar-refractivity contribution in [1.82, 2.24) is 0 Å². The molecule has 1 aromatic carbocycles. The molecule has 0 unspecified atom stereocenters. The Balaban J connectivity index is 3.28. The maximum absolute atomic E-state index is 11.7. The van der Waals surface area contributed by atoms with Crippen LogP contribution in [0, 0.1) is 10.1 Å². The van der Waals surface area contributed by atoms with E-state index in [1.54, 1.807) is 13.8 Å². The summed E-state index contributed by atoms with van der Waals surface area (Å²) in [5, 5.41) is 11.2. The van der Waals surface area contributed by atoms with Crippen molar-refractivity contribution in [3.63, 3.8) is 0 Å². The van der Waals surface area contributed by atoms with Gasteiger partial charge in [-0.15, -0.1) is 0 Å². The first-order valence-electron chi connectivity index (χ1n) is 5.25. The highest BCUT2D eigenvalue weighted by Crippen LogP contribution is 2.31. The number of nitro benzene ring substituents is 1. The Bertz CT molecular complexity index is 448. The molecule has 0 spiro atoms. The molecule has 0 aliphatic carbocycles. The van der Waals surface area contributed by atoms with Gasteiger partial charge in [0.1, 0.15) is 5.69 Å². The summed E-state index contributed by atoms with van der Waals surface area (Å²) < 4.78 is 0. The van der Waals surface area contributed by atoms with Crippen LogP contribution in [-0.4, -0.2) is 17.4 Å². The van der Waals surface area contributed by atoms with E-state index in [4.69, 9.17) is 11.6 Å². The number of nitro groups is 1. The molecule has 1 rings (SSSR count). The summed E-state index contributed by atoms with van der Waals surface area (Å²) in [5.74, 6) is -0.155. The molecule has 17 heavy (non-hydrogen) atoms. The average molecular weight is 257 g/mol. The van der Waals surface area contributed by atoms with Gasteiger partial charge < -0.3 is 4.90 Å². The van der Waals surface area contributed by atoms with Crippen molar-refractivity contribution < 1.29 is 9.72 Å². The second kappa shape index (κ2) is 5.63. The molecule has 1 aromatic rings. The van der Waals surface area contributed by atoms with E-state index in [-0.39, 0.29) is 22.3 Å². The van der Waals surface area contributed by atoms with Gasteiger partial charge in [-0.3, -0.25) is 14.9 Å². The third-order valence-corrected chi connectivity index (χ3v) is 2.58. The van der Waals surface area contributed by atoms with Crippen molar-refractivity contribution >= 4 is 28.9 Å². The van der Waals surface area contributed by atoms with E-state index in [0.29, 0.717) is 13.0 Å². The number of amides is 1. The van der Waals surface area contributed by atoms with Gasteiger partial charge in [0.2, 0.25) is 5.91 Å². The molecule has 5 nitrogen and oxygen atoms in total. The lowest BCUT2D eigenvalue weighted by Gasteiger charge is -2.20. The molecule has 0 aliphatic heterocycles. The maximum atomic E-state index is 11.7. The highest BCUT2D eigenvalue weighted by atomic mass is 35.5. The number of carbonyl (C=O) groups is 1. The number of halogens is 1. The van der Waals surface area contributed by atoms with E-state index in [1.165, 1.54) is 23.1 Å². The fourth-order valence-electron chi connectivity index (χ4n) is 1.54. The van der Waals surface area contributed by atoms with Crippen LogP contribution in [0.1, 0.15) is 20.3 Å². The number of hydrogen-bond donors (Lipinski definition) is 0. The third-order valence-electron chi connectivity index (χ3n) is 2.34. The molecule has 0 N–H and O–H groups in total. The molecule has 0 aromatic heterocycles. The predicted molar refractivity (Wildman–Crippen MR) is 66.4 cm³/mol. The van der Waals surface area contributed by atoms with Gasteiger partial charge in [0, 0.05) is 24.1 Å². The number of anilines is 1. The zero-order chi connectivity index (χ0) is 13.0. The summed E-state index contributed by atoms with van der Waals surface area (Å²) in [6.07, 6.45) is 0.299. The number of benzene rings is 1. The van der Waals surface area contributed by atoms with Crippen LogP contribution in [0.2, 0.25) is 5.02 Å². The molecule has 0 saturated carbocycles. The van der Waals surface area contributed by atoms with Gasteiger partial charge in [0.15, 0.2) is 0 Å². The first-order valence-corrected chi connectivity index (χ1v) is 5.63. The van der Waals surface area contributed by atoms with Crippen molar-refractivity contribution in [3.05, 3.63) is 33.3 Å². The molecular weight excluding hydrogens is 244 g/mol. The van der Waals surface area contributed by atoms with Crippen molar-refractivity contribution in [2.45, 2.75) is 20.3 Å². The molecule has 0 atom stereocenters. The first kappa shape index (κ1) is 13.4. The van der Waals surface area contributed by atoms with Crippen LogP contribution >= 0.6 is 11.6 Å². The SMILES string of the molecule is CCC(=O)N(CC)c1ccc(Cl)cc1[N+](=O)[O-]. The monoisotopic (exact) mass is 256 g/mol. The number of rotatable bonds is 4. The van der Waals surface area contributed by atoms with Crippen LogP contribution in [0.25, 0.3) is 0 Å². The minimum absolute atomic E-state index is 0.152. The molecule has 0 bridgehead atoms. The number of nitrogens with zero attached hydrogens (tertiary/aromatic N) is 2. The normalized spacial score (nSPS) is 10.1. The average Bonchev–Trinajstić information content (AvgIpc) is 2.31.